The van der Waals surface area contributed by atoms with Gasteiger partial charge in [0.2, 0.25) is 0 Å². The van der Waals surface area contributed by atoms with Gasteiger partial charge < -0.3 is 26.9 Å². The Morgan fingerprint density at radius 3 is 1.74 bits per heavy atom. The quantitative estimate of drug-likeness (QED) is 0.0939. The number of hydrogen-bond acceptors (Lipinski definition) is 4. The molecular weight excluding hydrogens is 795 g/mol. The summed E-state index contributed by atoms with van der Waals surface area (Å²) in [5.41, 5.74) is 1.44. The molecule has 4 aromatic rings. The molecule has 0 bridgehead atoms. The van der Waals surface area contributed by atoms with Gasteiger partial charge in [-0.1, -0.05) is 61.1 Å². The molecule has 0 spiro atoms. The van der Waals surface area contributed by atoms with Crippen LogP contribution in [0.3, 0.4) is 0 Å². The van der Waals surface area contributed by atoms with Gasteiger partial charge in [-0.05, 0) is 89.3 Å². The molecule has 4 aromatic carbocycles. The first-order valence-electron chi connectivity index (χ1n) is 10.6. The third kappa shape index (κ3) is 11.2. The molecule has 0 unspecified atom stereocenters. The molecular formula is C27H23BBr2Cl2F2IO4-. The summed E-state index contributed by atoms with van der Waals surface area (Å²) in [6.07, 6.45) is 0. The first-order chi connectivity index (χ1) is 18.0. The molecule has 0 aliphatic heterocycles. The van der Waals surface area contributed by atoms with Crippen LogP contribution in [0.1, 0.15) is 0 Å². The maximum absolute atomic E-state index is 13.8. The van der Waals surface area contributed by atoms with E-state index in [1.54, 1.807) is 48.5 Å². The number of halogens is 7. The zero-order chi connectivity index (χ0) is 28.4. The van der Waals surface area contributed by atoms with Crippen LogP contribution in [-0.2, 0) is 0 Å². The van der Waals surface area contributed by atoms with Gasteiger partial charge in [0, 0.05) is 39.2 Å². The van der Waals surface area contributed by atoms with Crippen LogP contribution in [0.15, 0.2) is 81.7 Å². The van der Waals surface area contributed by atoms with Crippen molar-refractivity contribution in [3.63, 3.8) is 0 Å². The molecule has 0 aliphatic carbocycles. The third-order valence-electron chi connectivity index (χ3n) is 4.74. The second-order valence-corrected chi connectivity index (χ2v) is 11.2. The van der Waals surface area contributed by atoms with Gasteiger partial charge in [0.15, 0.2) is 0 Å². The summed E-state index contributed by atoms with van der Waals surface area (Å²) in [6.45, 7) is 0. The summed E-state index contributed by atoms with van der Waals surface area (Å²) >= 11 is 19.8. The molecule has 0 amide bonds. The maximum Gasteiger partial charge on any atom is 0.492 e. The van der Waals surface area contributed by atoms with E-state index in [1.165, 1.54) is 32.4 Å². The average Bonchev–Trinajstić information content (AvgIpc) is 2.87. The predicted octanol–water partition coefficient (Wildman–Crippen LogP) is 8.59. The summed E-state index contributed by atoms with van der Waals surface area (Å²) in [6, 6.07) is 19.6. The number of benzene rings is 4. The predicted molar refractivity (Wildman–Crippen MR) is 172 cm³/mol. The van der Waals surface area contributed by atoms with E-state index in [0.717, 1.165) is 4.47 Å². The van der Waals surface area contributed by atoms with Crippen molar-refractivity contribution in [3.8, 4) is 22.6 Å². The Morgan fingerprint density at radius 2 is 1.23 bits per heavy atom. The van der Waals surface area contributed by atoms with Gasteiger partial charge in [0.1, 0.15) is 23.1 Å². The van der Waals surface area contributed by atoms with Crippen LogP contribution in [0.25, 0.3) is 11.1 Å². The van der Waals surface area contributed by atoms with Crippen LogP contribution in [-0.4, -0.2) is 31.4 Å². The van der Waals surface area contributed by atoms with Gasteiger partial charge in [-0.3, -0.25) is 0 Å². The molecule has 0 saturated heterocycles. The van der Waals surface area contributed by atoms with Gasteiger partial charge >= 0.3 is 7.12 Å². The van der Waals surface area contributed by atoms with Gasteiger partial charge in [0.25, 0.3) is 0 Å². The van der Waals surface area contributed by atoms with E-state index in [-0.39, 0.29) is 24.5 Å². The lowest BCUT2D eigenvalue weighted by atomic mass is 9.79. The van der Waals surface area contributed by atoms with Crippen molar-refractivity contribution >= 4 is 90.2 Å². The normalized spacial score (nSPS) is 9.72. The smallest absolute Gasteiger partial charge is 0.492 e. The highest BCUT2D eigenvalue weighted by atomic mass is 127. The Labute approximate surface area is 267 Å². The number of hydrogen-bond donors (Lipinski definition) is 2. The Kier molecular flexibility index (Phi) is 15.9. The van der Waals surface area contributed by atoms with E-state index >= 15 is 0 Å². The second-order valence-electron chi connectivity index (χ2n) is 7.29. The monoisotopic (exact) mass is 815 g/mol. The van der Waals surface area contributed by atoms with Gasteiger partial charge in [0.05, 0.1) is 14.2 Å². The molecule has 0 saturated carbocycles. The van der Waals surface area contributed by atoms with Crippen LogP contribution in [0, 0.1) is 22.6 Å². The molecule has 0 aromatic heterocycles. The lowest BCUT2D eigenvalue weighted by Gasteiger charge is -2.10. The van der Waals surface area contributed by atoms with E-state index in [0.29, 0.717) is 40.7 Å². The first-order valence-corrected chi connectivity index (χ1v) is 14.0. The fourth-order valence-electron chi connectivity index (χ4n) is 2.97. The summed E-state index contributed by atoms with van der Waals surface area (Å²) in [7, 11) is 1.43. The first kappa shape index (κ1) is 35.6. The highest BCUT2D eigenvalue weighted by Gasteiger charge is 2.16. The topological polar surface area (TPSA) is 58.9 Å². The van der Waals surface area contributed by atoms with Crippen molar-refractivity contribution in [2.24, 2.45) is 0 Å². The molecule has 0 radical (unpaired) electrons. The van der Waals surface area contributed by atoms with Crippen molar-refractivity contribution in [2.45, 2.75) is 0 Å². The molecule has 4 nitrogen and oxygen atoms in total. The maximum atomic E-state index is 13.8. The zero-order valence-electron chi connectivity index (χ0n) is 20.9. The highest BCUT2D eigenvalue weighted by molar-refractivity contribution is 14.1. The van der Waals surface area contributed by atoms with E-state index in [1.807, 2.05) is 28.7 Å². The lowest BCUT2D eigenvalue weighted by molar-refractivity contribution is 0.403. The Morgan fingerprint density at radius 1 is 0.718 bits per heavy atom. The van der Waals surface area contributed by atoms with Crippen LogP contribution in [0.2, 0.25) is 10.0 Å². The lowest BCUT2D eigenvalue weighted by Crippen LogP contribution is -2.31. The Bertz CT molecular complexity index is 1380. The molecule has 2 N–H and O–H groups in total. The number of ether oxygens (including phenoxy) is 2. The SMILES string of the molecule is COc1cc(Cl)ccc1-c1ccc(Br)cc1F.COc1ccc(Cl)cc1B(O)O.Fc1cc(Br)ccc1I.[CH3-]. The third-order valence-corrected chi connectivity index (χ3v) is 7.07. The van der Waals surface area contributed by atoms with Gasteiger partial charge in [-0.15, -0.1) is 0 Å². The van der Waals surface area contributed by atoms with Crippen LogP contribution < -0.4 is 14.9 Å². The Hall–Kier alpha value is -1.41. The molecule has 4 rings (SSSR count). The molecule has 0 atom stereocenters. The van der Waals surface area contributed by atoms with E-state index < -0.39 is 7.12 Å². The summed E-state index contributed by atoms with van der Waals surface area (Å²) < 4.78 is 38.6. The minimum atomic E-state index is -1.56. The van der Waals surface area contributed by atoms with Crippen molar-refractivity contribution in [3.05, 3.63) is 114 Å². The molecule has 0 fully saturated rings. The van der Waals surface area contributed by atoms with Crippen molar-refractivity contribution in [2.75, 3.05) is 14.2 Å². The average molecular weight is 818 g/mol. The van der Waals surface area contributed by atoms with Crippen molar-refractivity contribution < 1.29 is 28.3 Å². The van der Waals surface area contributed by atoms with E-state index in [4.69, 9.17) is 42.7 Å². The van der Waals surface area contributed by atoms with Crippen molar-refractivity contribution in [1.82, 2.24) is 0 Å². The molecule has 208 valence electrons. The zero-order valence-corrected chi connectivity index (χ0v) is 27.7. The Balaban J connectivity index is 0.000000305. The molecule has 12 heteroatoms. The highest BCUT2D eigenvalue weighted by Crippen LogP contribution is 2.34. The van der Waals surface area contributed by atoms with Crippen LogP contribution in [0.4, 0.5) is 8.78 Å². The fourth-order valence-corrected chi connectivity index (χ4v) is 4.32. The molecule has 39 heavy (non-hydrogen) atoms. The number of methoxy groups -OCH3 is 2. The molecule has 0 heterocycles. The standard InChI is InChI=1S/C13H9BrClFO.C7H8BClO3.C6H3BrFI.CH3/c1-17-13-7-9(15)3-5-11(13)10-4-2-8(14)6-12(10)16;1-12-7-3-2-5(9)4-6(7)8(10)11;7-4-1-2-6(9)5(8)3-4;/h2-7H,1H3;2-4,10-11H,1H3;1-3H;1H3/q;;;-1. The van der Waals surface area contributed by atoms with Crippen LogP contribution >= 0.6 is 77.7 Å². The van der Waals surface area contributed by atoms with Gasteiger partial charge in [-0.25, -0.2) is 8.78 Å². The van der Waals surface area contributed by atoms with Crippen molar-refractivity contribution in [1.29, 1.82) is 0 Å². The van der Waals surface area contributed by atoms with E-state index in [9.17, 15) is 8.78 Å². The fraction of sp³-hybridized carbons (Fsp3) is 0.0741. The largest absolute Gasteiger partial charge is 0.497 e. The number of rotatable bonds is 4. The van der Waals surface area contributed by atoms with E-state index in [2.05, 4.69) is 31.9 Å². The van der Waals surface area contributed by atoms with Gasteiger partial charge in [-0.2, -0.15) is 0 Å². The summed E-state index contributed by atoms with van der Waals surface area (Å²) in [5, 5.41) is 18.8. The minimum absolute atomic E-state index is 0. The molecule has 0 aliphatic rings. The summed E-state index contributed by atoms with van der Waals surface area (Å²) in [4.78, 5) is 0. The minimum Gasteiger partial charge on any atom is -0.497 e. The second kappa shape index (κ2) is 17.4. The summed E-state index contributed by atoms with van der Waals surface area (Å²) in [5.74, 6) is 0.484. The van der Waals surface area contributed by atoms with Crippen LogP contribution in [0.5, 0.6) is 11.5 Å².